The molecule has 1 aliphatic rings. The standard InChI is InChI=1S/C37H40N4O4/c1-37(2,38)22-34(42)40-32-21-18-28-8-4-7-11-33(28)41(36(32)44)24-26-12-16-27(17-13-26)30-9-5-6-10-31(30)35(43)39-23-25-14-19-29(45-3)20-15-25/h4-17,19-20,32H,18,21-24,38H2,1-3H3,(H,39,43)(H,40,42)/t32-/m1/s1. The van der Waals surface area contributed by atoms with Crippen LogP contribution in [0.5, 0.6) is 5.75 Å². The summed E-state index contributed by atoms with van der Waals surface area (Å²) < 4.78 is 5.21. The maximum absolute atomic E-state index is 13.8. The molecule has 0 unspecified atom stereocenters. The summed E-state index contributed by atoms with van der Waals surface area (Å²) in [6.45, 7) is 4.32. The highest BCUT2D eigenvalue weighted by Crippen LogP contribution is 2.30. The van der Waals surface area contributed by atoms with Gasteiger partial charge >= 0.3 is 0 Å². The number of hydrogen-bond donors (Lipinski definition) is 3. The normalized spacial score (nSPS) is 14.7. The quantitative estimate of drug-likeness (QED) is 0.225. The fourth-order valence-corrected chi connectivity index (χ4v) is 5.60. The van der Waals surface area contributed by atoms with E-state index in [1.54, 1.807) is 25.9 Å². The predicted molar refractivity (Wildman–Crippen MR) is 177 cm³/mol. The lowest BCUT2D eigenvalue weighted by Crippen LogP contribution is -2.49. The van der Waals surface area contributed by atoms with Gasteiger partial charge in [0, 0.05) is 29.8 Å². The van der Waals surface area contributed by atoms with Gasteiger partial charge in [-0.2, -0.15) is 0 Å². The van der Waals surface area contributed by atoms with Crippen molar-refractivity contribution in [2.75, 3.05) is 12.0 Å². The average molecular weight is 605 g/mol. The van der Waals surface area contributed by atoms with Crippen LogP contribution in [0.1, 0.15) is 53.7 Å². The zero-order valence-corrected chi connectivity index (χ0v) is 26.0. The molecule has 3 amide bonds. The van der Waals surface area contributed by atoms with E-state index >= 15 is 0 Å². The summed E-state index contributed by atoms with van der Waals surface area (Å²) in [7, 11) is 1.62. The highest BCUT2D eigenvalue weighted by Gasteiger charge is 2.32. The predicted octanol–water partition coefficient (Wildman–Crippen LogP) is 5.38. The minimum absolute atomic E-state index is 0.131. The average Bonchev–Trinajstić information content (AvgIpc) is 3.16. The number of rotatable bonds is 10. The molecule has 45 heavy (non-hydrogen) atoms. The number of aryl methyl sites for hydroxylation is 1. The molecule has 0 bridgehead atoms. The summed E-state index contributed by atoms with van der Waals surface area (Å²) in [5, 5.41) is 5.95. The summed E-state index contributed by atoms with van der Waals surface area (Å²) in [6, 6.07) is 30.2. The molecule has 232 valence electrons. The highest BCUT2D eigenvalue weighted by molar-refractivity contribution is 6.01. The van der Waals surface area contributed by atoms with E-state index in [9.17, 15) is 14.4 Å². The van der Waals surface area contributed by atoms with Crippen LogP contribution in [-0.4, -0.2) is 36.4 Å². The fourth-order valence-electron chi connectivity index (χ4n) is 5.60. The Hall–Kier alpha value is -4.95. The first-order chi connectivity index (χ1) is 21.6. The Balaban J connectivity index is 1.32. The van der Waals surface area contributed by atoms with E-state index < -0.39 is 11.6 Å². The molecule has 0 aliphatic carbocycles. The number of carbonyl (C=O) groups is 3. The Bertz CT molecular complexity index is 1660. The number of amides is 3. The zero-order valence-electron chi connectivity index (χ0n) is 26.0. The molecule has 0 fully saturated rings. The van der Waals surface area contributed by atoms with Crippen molar-refractivity contribution < 1.29 is 19.1 Å². The number of benzene rings is 4. The molecule has 8 heteroatoms. The second kappa shape index (κ2) is 13.8. The van der Waals surface area contributed by atoms with Crippen molar-refractivity contribution in [3.63, 3.8) is 0 Å². The monoisotopic (exact) mass is 604 g/mol. The molecule has 8 nitrogen and oxygen atoms in total. The van der Waals surface area contributed by atoms with Crippen molar-refractivity contribution in [3.05, 3.63) is 119 Å². The van der Waals surface area contributed by atoms with Crippen molar-refractivity contribution >= 4 is 23.4 Å². The van der Waals surface area contributed by atoms with E-state index in [-0.39, 0.29) is 24.1 Å². The summed E-state index contributed by atoms with van der Waals surface area (Å²) in [5.41, 5.74) is 11.5. The number of nitrogens with zero attached hydrogens (tertiary/aromatic N) is 1. The number of para-hydroxylation sites is 1. The molecule has 1 aliphatic heterocycles. The number of nitrogens with one attached hydrogen (secondary N) is 2. The van der Waals surface area contributed by atoms with Gasteiger partial charge in [-0.3, -0.25) is 14.4 Å². The molecule has 0 saturated heterocycles. The molecule has 0 radical (unpaired) electrons. The molecular weight excluding hydrogens is 564 g/mol. The number of methoxy groups -OCH3 is 1. The van der Waals surface area contributed by atoms with Crippen molar-refractivity contribution in [3.8, 4) is 16.9 Å². The molecule has 1 atom stereocenters. The lowest BCUT2D eigenvalue weighted by molar-refractivity contribution is -0.128. The third-order valence-corrected chi connectivity index (χ3v) is 7.89. The van der Waals surface area contributed by atoms with Gasteiger partial charge in [-0.05, 0) is 78.8 Å². The van der Waals surface area contributed by atoms with Crippen molar-refractivity contribution in [2.45, 2.75) is 57.8 Å². The highest BCUT2D eigenvalue weighted by atomic mass is 16.5. The second-order valence-electron chi connectivity index (χ2n) is 12.2. The Morgan fingerprint density at radius 3 is 2.29 bits per heavy atom. The summed E-state index contributed by atoms with van der Waals surface area (Å²) >= 11 is 0. The number of hydrogen-bond acceptors (Lipinski definition) is 5. The van der Waals surface area contributed by atoms with Crippen LogP contribution >= 0.6 is 0 Å². The van der Waals surface area contributed by atoms with Crippen molar-refractivity contribution in [1.82, 2.24) is 10.6 Å². The van der Waals surface area contributed by atoms with Crippen LogP contribution in [-0.2, 0) is 29.1 Å². The maximum Gasteiger partial charge on any atom is 0.252 e. The van der Waals surface area contributed by atoms with E-state index in [0.717, 1.165) is 39.3 Å². The van der Waals surface area contributed by atoms with Crippen LogP contribution in [0, 0.1) is 0 Å². The lowest BCUT2D eigenvalue weighted by Gasteiger charge is -2.27. The number of fused-ring (bicyclic) bond motifs is 1. The third-order valence-electron chi connectivity index (χ3n) is 7.89. The number of nitrogens with two attached hydrogens (primary N) is 1. The van der Waals surface area contributed by atoms with Crippen LogP contribution in [0.4, 0.5) is 5.69 Å². The minimum Gasteiger partial charge on any atom is -0.497 e. The Labute approximate surface area is 264 Å². The lowest BCUT2D eigenvalue weighted by atomic mass is 9.98. The van der Waals surface area contributed by atoms with Gasteiger partial charge in [0.25, 0.3) is 5.91 Å². The Kier molecular flexibility index (Phi) is 9.64. The van der Waals surface area contributed by atoms with E-state index in [2.05, 4.69) is 10.6 Å². The SMILES string of the molecule is COc1ccc(CNC(=O)c2ccccc2-c2ccc(CN3C(=O)[C@H](NC(=O)CC(C)(C)N)CCc4ccccc43)cc2)cc1. The zero-order chi connectivity index (χ0) is 32.0. The first-order valence-corrected chi connectivity index (χ1v) is 15.2. The van der Waals surface area contributed by atoms with Gasteiger partial charge in [0.05, 0.1) is 13.7 Å². The molecule has 1 heterocycles. The van der Waals surface area contributed by atoms with Gasteiger partial charge in [0.2, 0.25) is 11.8 Å². The van der Waals surface area contributed by atoms with Crippen molar-refractivity contribution in [2.24, 2.45) is 5.73 Å². The van der Waals surface area contributed by atoms with Gasteiger partial charge in [-0.25, -0.2) is 0 Å². The van der Waals surface area contributed by atoms with Crippen LogP contribution < -0.4 is 26.0 Å². The van der Waals surface area contributed by atoms with Crippen molar-refractivity contribution in [1.29, 1.82) is 0 Å². The molecule has 4 aromatic carbocycles. The van der Waals surface area contributed by atoms with Gasteiger partial charge in [0.15, 0.2) is 0 Å². The molecule has 4 N–H and O–H groups in total. The first kappa shape index (κ1) is 31.5. The van der Waals surface area contributed by atoms with Gasteiger partial charge in [-0.15, -0.1) is 0 Å². The topological polar surface area (TPSA) is 114 Å². The number of anilines is 1. The van der Waals surface area contributed by atoms with E-state index in [1.807, 2.05) is 97.1 Å². The molecular formula is C37H40N4O4. The second-order valence-corrected chi connectivity index (χ2v) is 12.2. The Morgan fingerprint density at radius 2 is 1.58 bits per heavy atom. The summed E-state index contributed by atoms with van der Waals surface area (Å²) in [4.78, 5) is 41.5. The summed E-state index contributed by atoms with van der Waals surface area (Å²) in [5.74, 6) is 0.221. The smallest absolute Gasteiger partial charge is 0.252 e. The maximum atomic E-state index is 13.8. The van der Waals surface area contributed by atoms with E-state index in [4.69, 9.17) is 10.5 Å². The van der Waals surface area contributed by atoms with Crippen LogP contribution in [0.3, 0.4) is 0 Å². The molecule has 0 saturated carbocycles. The van der Waals surface area contributed by atoms with Gasteiger partial charge in [0.1, 0.15) is 11.8 Å². The van der Waals surface area contributed by atoms with Crippen LogP contribution in [0.15, 0.2) is 97.1 Å². The van der Waals surface area contributed by atoms with E-state index in [0.29, 0.717) is 31.5 Å². The Morgan fingerprint density at radius 1 is 0.911 bits per heavy atom. The third kappa shape index (κ3) is 7.96. The number of carbonyl (C=O) groups excluding carboxylic acids is 3. The largest absolute Gasteiger partial charge is 0.497 e. The fraction of sp³-hybridized carbons (Fsp3) is 0.270. The van der Waals surface area contributed by atoms with Gasteiger partial charge in [-0.1, -0.05) is 72.8 Å². The first-order valence-electron chi connectivity index (χ1n) is 15.2. The molecule has 0 aromatic heterocycles. The van der Waals surface area contributed by atoms with Crippen LogP contribution in [0.25, 0.3) is 11.1 Å². The van der Waals surface area contributed by atoms with E-state index in [1.165, 1.54) is 0 Å². The number of ether oxygens (including phenoxy) is 1. The minimum atomic E-state index is -0.669. The van der Waals surface area contributed by atoms with Gasteiger partial charge < -0.3 is 26.0 Å². The molecule has 5 rings (SSSR count). The van der Waals surface area contributed by atoms with Crippen LogP contribution in [0.2, 0.25) is 0 Å². The summed E-state index contributed by atoms with van der Waals surface area (Å²) in [6.07, 6.45) is 1.32. The molecule has 4 aromatic rings. The molecule has 0 spiro atoms.